The van der Waals surface area contributed by atoms with Crippen molar-refractivity contribution >= 4 is 40.9 Å². The Labute approximate surface area is 176 Å². The van der Waals surface area contributed by atoms with Crippen LogP contribution in [0.1, 0.15) is 11.3 Å². The highest BCUT2D eigenvalue weighted by Crippen LogP contribution is 2.28. The third kappa shape index (κ3) is 5.19. The first-order valence-corrected chi connectivity index (χ1v) is 9.11. The van der Waals surface area contributed by atoms with E-state index in [-0.39, 0.29) is 13.2 Å². The smallest absolute Gasteiger partial charge is 0.331 e. The molecule has 2 heterocycles. The number of aromatic nitrogens is 2. The van der Waals surface area contributed by atoms with E-state index in [0.29, 0.717) is 38.4 Å². The number of hydrogen-bond acceptors (Lipinski definition) is 6. The maximum Gasteiger partial charge on any atom is 0.331 e. The van der Waals surface area contributed by atoms with Gasteiger partial charge in [0, 0.05) is 18.5 Å². The highest BCUT2D eigenvalue weighted by atomic mass is 35.5. The lowest BCUT2D eigenvalue weighted by Gasteiger charge is -2.08. The maximum atomic E-state index is 12.0. The number of methoxy groups -OCH3 is 1. The van der Waals surface area contributed by atoms with Crippen molar-refractivity contribution in [2.24, 2.45) is 0 Å². The molecule has 29 heavy (non-hydrogen) atoms. The molecule has 0 N–H and O–H groups in total. The molecule has 0 radical (unpaired) electrons. The second kappa shape index (κ2) is 9.32. The zero-order valence-corrected chi connectivity index (χ0v) is 16.8. The minimum Gasteiger partial charge on any atom is -0.493 e. The summed E-state index contributed by atoms with van der Waals surface area (Å²) in [5.74, 6) is 0.366. The average molecular weight is 432 g/mol. The minimum absolute atomic E-state index is 0.0109. The fourth-order valence-electron chi connectivity index (χ4n) is 2.52. The molecule has 1 aromatic carbocycles. The van der Waals surface area contributed by atoms with E-state index in [4.69, 9.17) is 42.7 Å². The monoisotopic (exact) mass is 431 g/mol. The van der Waals surface area contributed by atoms with Crippen LogP contribution in [-0.2, 0) is 16.1 Å². The Bertz CT molecular complexity index is 1120. The largest absolute Gasteiger partial charge is 0.493 e. The van der Waals surface area contributed by atoms with Crippen LogP contribution in [-0.4, -0.2) is 29.1 Å². The van der Waals surface area contributed by atoms with Crippen molar-refractivity contribution in [3.05, 3.63) is 64.0 Å². The van der Waals surface area contributed by atoms with E-state index in [9.17, 15) is 4.79 Å². The van der Waals surface area contributed by atoms with Gasteiger partial charge in [0.15, 0.2) is 23.8 Å². The minimum atomic E-state index is -0.532. The molecule has 3 aromatic rings. The standard InChI is InChI=1S/C20H15Cl2N3O4/c1-27-18-8-13(2-4-17(18)28-7-6-23)3-5-19(26)29-12-15-11-25-10-14(21)9-16(22)20(25)24-15/h2-5,8-11H,7,12H2,1H3. The summed E-state index contributed by atoms with van der Waals surface area (Å²) in [4.78, 5) is 16.3. The van der Waals surface area contributed by atoms with Gasteiger partial charge >= 0.3 is 5.97 Å². The molecular formula is C20H15Cl2N3O4. The molecule has 0 amide bonds. The maximum absolute atomic E-state index is 12.0. The van der Waals surface area contributed by atoms with Gasteiger partial charge in [-0.1, -0.05) is 29.3 Å². The summed E-state index contributed by atoms with van der Waals surface area (Å²) in [6.45, 7) is -0.0958. The predicted octanol–water partition coefficient (Wildman–Crippen LogP) is 4.31. The Morgan fingerprint density at radius 1 is 1.28 bits per heavy atom. The number of esters is 1. The van der Waals surface area contributed by atoms with Crippen LogP contribution in [0.5, 0.6) is 11.5 Å². The van der Waals surface area contributed by atoms with E-state index in [1.807, 2.05) is 6.07 Å². The Balaban J connectivity index is 1.63. The fraction of sp³-hybridized carbons (Fsp3) is 0.150. The normalized spacial score (nSPS) is 10.8. The summed E-state index contributed by atoms with van der Waals surface area (Å²) >= 11 is 12.1. The zero-order chi connectivity index (χ0) is 20.8. The summed E-state index contributed by atoms with van der Waals surface area (Å²) in [6, 6.07) is 8.56. The zero-order valence-electron chi connectivity index (χ0n) is 15.3. The molecule has 7 nitrogen and oxygen atoms in total. The van der Waals surface area contributed by atoms with Gasteiger partial charge in [-0.25, -0.2) is 9.78 Å². The molecule has 0 aliphatic rings. The van der Waals surface area contributed by atoms with Crippen LogP contribution in [0.3, 0.4) is 0 Å². The third-order valence-electron chi connectivity index (χ3n) is 3.78. The molecule has 0 bridgehead atoms. The van der Waals surface area contributed by atoms with Gasteiger partial charge in [0.05, 0.1) is 22.8 Å². The van der Waals surface area contributed by atoms with Crippen LogP contribution in [0.4, 0.5) is 0 Å². The SMILES string of the molecule is COc1cc(C=CC(=O)OCc2cn3cc(Cl)cc(Cl)c3n2)ccc1OCC#N. The van der Waals surface area contributed by atoms with Crippen molar-refractivity contribution in [3.63, 3.8) is 0 Å². The van der Waals surface area contributed by atoms with Crippen LogP contribution in [0.15, 0.2) is 42.7 Å². The van der Waals surface area contributed by atoms with Gasteiger partial charge in [-0.2, -0.15) is 5.26 Å². The Kier molecular flexibility index (Phi) is 6.60. The molecule has 0 atom stereocenters. The summed E-state index contributed by atoms with van der Waals surface area (Å²) < 4.78 is 17.4. The molecule has 0 saturated carbocycles. The molecule has 0 aliphatic carbocycles. The first-order chi connectivity index (χ1) is 14.0. The molecule has 0 fully saturated rings. The number of carbonyl (C=O) groups excluding carboxylic acids is 1. The van der Waals surface area contributed by atoms with Gasteiger partial charge in [0.2, 0.25) is 0 Å². The van der Waals surface area contributed by atoms with Gasteiger partial charge in [-0.05, 0) is 29.8 Å². The number of carbonyl (C=O) groups is 1. The number of pyridine rings is 1. The van der Waals surface area contributed by atoms with Crippen molar-refractivity contribution in [3.8, 4) is 17.6 Å². The Hall–Kier alpha value is -3.21. The average Bonchev–Trinajstić information content (AvgIpc) is 3.12. The number of fused-ring (bicyclic) bond motifs is 1. The number of nitriles is 1. The molecule has 148 valence electrons. The first-order valence-electron chi connectivity index (χ1n) is 8.35. The number of benzene rings is 1. The molecule has 3 rings (SSSR count). The number of hydrogen-bond donors (Lipinski definition) is 0. The Morgan fingerprint density at radius 3 is 2.86 bits per heavy atom. The number of halogens is 2. The lowest BCUT2D eigenvalue weighted by Crippen LogP contribution is -2.01. The fourth-order valence-corrected chi connectivity index (χ4v) is 3.05. The second-order valence-electron chi connectivity index (χ2n) is 5.77. The number of nitrogens with zero attached hydrogens (tertiary/aromatic N) is 3. The van der Waals surface area contributed by atoms with E-state index >= 15 is 0 Å². The topological polar surface area (TPSA) is 85.8 Å². The van der Waals surface area contributed by atoms with E-state index in [0.717, 1.165) is 0 Å². The van der Waals surface area contributed by atoms with Crippen molar-refractivity contribution in [1.29, 1.82) is 5.26 Å². The molecular weight excluding hydrogens is 417 g/mol. The Morgan fingerprint density at radius 2 is 2.10 bits per heavy atom. The van der Waals surface area contributed by atoms with E-state index < -0.39 is 5.97 Å². The lowest BCUT2D eigenvalue weighted by molar-refractivity contribution is -0.139. The van der Waals surface area contributed by atoms with Gasteiger partial charge in [-0.15, -0.1) is 0 Å². The van der Waals surface area contributed by atoms with E-state index in [1.165, 1.54) is 13.2 Å². The highest BCUT2D eigenvalue weighted by molar-refractivity contribution is 6.36. The number of ether oxygens (including phenoxy) is 3. The van der Waals surface area contributed by atoms with Crippen molar-refractivity contribution in [1.82, 2.24) is 9.38 Å². The quantitative estimate of drug-likeness (QED) is 0.409. The molecule has 0 aliphatic heterocycles. The molecule has 9 heteroatoms. The van der Waals surface area contributed by atoms with Gasteiger partial charge in [0.1, 0.15) is 12.7 Å². The summed E-state index contributed by atoms with van der Waals surface area (Å²) in [6.07, 6.45) is 6.23. The first kappa shape index (κ1) is 20.5. The second-order valence-corrected chi connectivity index (χ2v) is 6.61. The molecule has 2 aromatic heterocycles. The van der Waals surface area contributed by atoms with E-state index in [1.54, 1.807) is 47.1 Å². The van der Waals surface area contributed by atoms with Crippen molar-refractivity contribution < 1.29 is 19.0 Å². The van der Waals surface area contributed by atoms with Gasteiger partial charge < -0.3 is 18.6 Å². The van der Waals surface area contributed by atoms with Crippen LogP contribution in [0.2, 0.25) is 10.0 Å². The van der Waals surface area contributed by atoms with Crippen LogP contribution < -0.4 is 9.47 Å². The van der Waals surface area contributed by atoms with E-state index in [2.05, 4.69) is 4.98 Å². The summed E-state index contributed by atoms with van der Waals surface area (Å²) in [7, 11) is 1.49. The summed E-state index contributed by atoms with van der Waals surface area (Å²) in [5.41, 5.74) is 1.78. The van der Waals surface area contributed by atoms with Crippen LogP contribution in [0, 0.1) is 11.3 Å². The number of imidazole rings is 1. The third-order valence-corrected chi connectivity index (χ3v) is 4.26. The molecule has 0 spiro atoms. The van der Waals surface area contributed by atoms with Crippen molar-refractivity contribution in [2.45, 2.75) is 6.61 Å². The predicted molar refractivity (Wildman–Crippen MR) is 108 cm³/mol. The lowest BCUT2D eigenvalue weighted by atomic mass is 10.2. The summed E-state index contributed by atoms with van der Waals surface area (Å²) in [5, 5.41) is 9.48. The van der Waals surface area contributed by atoms with Crippen LogP contribution in [0.25, 0.3) is 11.7 Å². The molecule has 0 unspecified atom stereocenters. The van der Waals surface area contributed by atoms with Gasteiger partial charge in [-0.3, -0.25) is 0 Å². The van der Waals surface area contributed by atoms with Gasteiger partial charge in [0.25, 0.3) is 0 Å². The molecule has 0 saturated heterocycles. The highest BCUT2D eigenvalue weighted by Gasteiger charge is 2.09. The van der Waals surface area contributed by atoms with Crippen LogP contribution >= 0.6 is 23.2 Å². The van der Waals surface area contributed by atoms with Crippen molar-refractivity contribution in [2.75, 3.05) is 13.7 Å². The number of rotatable bonds is 7.